The molecule has 0 saturated carbocycles. The Morgan fingerprint density at radius 1 is 1.38 bits per heavy atom. The van der Waals surface area contributed by atoms with Crippen LogP contribution in [0.25, 0.3) is 0 Å². The molecular formula is C11H12BrNS3. The van der Waals surface area contributed by atoms with E-state index < -0.39 is 0 Å². The van der Waals surface area contributed by atoms with Crippen LogP contribution in [-0.4, -0.2) is 6.04 Å². The maximum absolute atomic E-state index is 6.07. The van der Waals surface area contributed by atoms with Gasteiger partial charge in [0.1, 0.15) is 0 Å². The van der Waals surface area contributed by atoms with Gasteiger partial charge in [0, 0.05) is 10.9 Å². The number of hydrogen-bond donors (Lipinski definition) is 1. The van der Waals surface area contributed by atoms with E-state index in [-0.39, 0.29) is 6.04 Å². The van der Waals surface area contributed by atoms with E-state index in [4.69, 9.17) is 5.73 Å². The van der Waals surface area contributed by atoms with Crippen molar-refractivity contribution < 1.29 is 0 Å². The van der Waals surface area contributed by atoms with Crippen molar-refractivity contribution in [1.29, 1.82) is 0 Å². The molecule has 2 atom stereocenters. The molecule has 86 valence electrons. The van der Waals surface area contributed by atoms with Gasteiger partial charge in [-0.2, -0.15) is 0 Å². The van der Waals surface area contributed by atoms with Crippen LogP contribution in [0.1, 0.15) is 17.1 Å². The van der Waals surface area contributed by atoms with Crippen LogP contribution in [0.15, 0.2) is 37.6 Å². The van der Waals surface area contributed by atoms with Crippen LogP contribution >= 0.6 is 50.4 Å². The van der Waals surface area contributed by atoms with Gasteiger partial charge in [0.15, 0.2) is 0 Å². The van der Waals surface area contributed by atoms with Crippen LogP contribution in [0.5, 0.6) is 0 Å². The lowest BCUT2D eigenvalue weighted by atomic mass is 10.2. The lowest BCUT2D eigenvalue weighted by Crippen LogP contribution is -2.21. The molecular weight excluding hydrogens is 322 g/mol. The van der Waals surface area contributed by atoms with E-state index in [0.29, 0.717) is 5.25 Å². The first-order valence-electron chi connectivity index (χ1n) is 4.88. The van der Waals surface area contributed by atoms with Crippen LogP contribution in [-0.2, 0) is 0 Å². The second kappa shape index (κ2) is 5.69. The predicted octanol–water partition coefficient (Wildman–Crippen LogP) is 4.75. The minimum Gasteiger partial charge on any atom is -0.327 e. The van der Waals surface area contributed by atoms with Crippen LogP contribution < -0.4 is 5.73 Å². The van der Waals surface area contributed by atoms with Gasteiger partial charge in [0.05, 0.1) is 13.2 Å². The zero-order valence-electron chi connectivity index (χ0n) is 8.72. The first-order valence-corrected chi connectivity index (χ1v) is 8.24. The van der Waals surface area contributed by atoms with E-state index in [1.807, 2.05) is 11.8 Å². The SMILES string of the molecule is CC(N)C(Sc1cccs1)c1ccc(Br)s1. The quantitative estimate of drug-likeness (QED) is 0.817. The molecule has 0 aliphatic heterocycles. The van der Waals surface area contributed by atoms with Gasteiger partial charge in [-0.05, 0) is 46.4 Å². The Bertz CT molecular complexity index is 436. The summed E-state index contributed by atoms with van der Waals surface area (Å²) in [6.45, 7) is 2.07. The average molecular weight is 334 g/mol. The Hall–Kier alpha value is 0.190. The maximum Gasteiger partial charge on any atom is 0.0701 e. The standard InChI is InChI=1S/C11H12BrNS3/c1-7(13)11(8-4-5-9(12)15-8)16-10-3-2-6-14-10/h2-7,11H,13H2,1H3. The van der Waals surface area contributed by atoms with Crippen molar-refractivity contribution in [2.24, 2.45) is 5.73 Å². The lowest BCUT2D eigenvalue weighted by molar-refractivity contribution is 0.730. The molecule has 16 heavy (non-hydrogen) atoms. The van der Waals surface area contributed by atoms with E-state index >= 15 is 0 Å². The molecule has 0 spiro atoms. The molecule has 2 unspecified atom stereocenters. The zero-order valence-corrected chi connectivity index (χ0v) is 12.8. The van der Waals surface area contributed by atoms with Crippen molar-refractivity contribution >= 4 is 50.4 Å². The van der Waals surface area contributed by atoms with Crippen molar-refractivity contribution in [3.8, 4) is 0 Å². The normalized spacial score (nSPS) is 14.9. The average Bonchev–Trinajstić information content (AvgIpc) is 2.84. The van der Waals surface area contributed by atoms with Crippen LogP contribution in [0.2, 0.25) is 0 Å². The molecule has 0 aromatic carbocycles. The zero-order chi connectivity index (χ0) is 11.5. The molecule has 2 aromatic rings. The Kier molecular flexibility index (Phi) is 4.49. The fraction of sp³-hybridized carbons (Fsp3) is 0.273. The summed E-state index contributed by atoms with van der Waals surface area (Å²) in [5.41, 5.74) is 6.07. The van der Waals surface area contributed by atoms with Gasteiger partial charge >= 0.3 is 0 Å². The van der Waals surface area contributed by atoms with Gasteiger partial charge in [0.25, 0.3) is 0 Å². The highest BCUT2D eigenvalue weighted by molar-refractivity contribution is 9.11. The summed E-state index contributed by atoms with van der Waals surface area (Å²) < 4.78 is 2.49. The van der Waals surface area contributed by atoms with Crippen molar-refractivity contribution in [2.75, 3.05) is 0 Å². The Morgan fingerprint density at radius 3 is 2.69 bits per heavy atom. The summed E-state index contributed by atoms with van der Waals surface area (Å²) in [5.74, 6) is 0. The van der Waals surface area contributed by atoms with Crippen LogP contribution in [0, 0.1) is 0 Å². The van der Waals surface area contributed by atoms with Gasteiger partial charge in [-0.1, -0.05) is 6.07 Å². The highest BCUT2D eigenvalue weighted by atomic mass is 79.9. The molecule has 0 bridgehead atoms. The summed E-state index contributed by atoms with van der Waals surface area (Å²) in [6, 6.07) is 8.62. The van der Waals surface area contributed by atoms with Gasteiger partial charge < -0.3 is 5.73 Å². The molecule has 5 heteroatoms. The summed E-state index contributed by atoms with van der Waals surface area (Å²) >= 11 is 8.89. The topological polar surface area (TPSA) is 26.0 Å². The number of hydrogen-bond acceptors (Lipinski definition) is 4. The Labute approximate surface area is 116 Å². The minimum atomic E-state index is 0.151. The largest absolute Gasteiger partial charge is 0.327 e. The number of halogens is 1. The third-order valence-corrected chi connectivity index (χ3v) is 6.49. The molecule has 0 amide bonds. The van der Waals surface area contributed by atoms with Gasteiger partial charge in [-0.15, -0.1) is 34.4 Å². The number of thioether (sulfide) groups is 1. The van der Waals surface area contributed by atoms with Crippen LogP contribution in [0.4, 0.5) is 0 Å². The second-order valence-electron chi connectivity index (χ2n) is 3.47. The molecule has 1 nitrogen and oxygen atoms in total. The summed E-state index contributed by atoms with van der Waals surface area (Å²) in [4.78, 5) is 1.33. The second-order valence-corrected chi connectivity index (χ2v) is 8.36. The summed E-state index contributed by atoms with van der Waals surface area (Å²) in [6.07, 6.45) is 0. The minimum absolute atomic E-state index is 0.151. The molecule has 0 saturated heterocycles. The first-order chi connectivity index (χ1) is 7.66. The lowest BCUT2D eigenvalue weighted by Gasteiger charge is -2.17. The van der Waals surface area contributed by atoms with E-state index in [1.165, 1.54) is 12.9 Å². The van der Waals surface area contributed by atoms with Gasteiger partial charge in [-0.3, -0.25) is 0 Å². The van der Waals surface area contributed by atoms with Crippen molar-refractivity contribution in [3.05, 3.63) is 38.3 Å². The van der Waals surface area contributed by atoms with Crippen molar-refractivity contribution in [2.45, 2.75) is 22.4 Å². The van der Waals surface area contributed by atoms with E-state index in [0.717, 1.165) is 0 Å². The third kappa shape index (κ3) is 3.11. The number of rotatable bonds is 4. The van der Waals surface area contributed by atoms with Gasteiger partial charge in [0.2, 0.25) is 0 Å². The molecule has 0 radical (unpaired) electrons. The summed E-state index contributed by atoms with van der Waals surface area (Å²) in [7, 11) is 0. The van der Waals surface area contributed by atoms with Gasteiger partial charge in [-0.25, -0.2) is 0 Å². The smallest absolute Gasteiger partial charge is 0.0701 e. The molecule has 2 heterocycles. The molecule has 2 rings (SSSR count). The molecule has 0 aliphatic rings. The predicted molar refractivity (Wildman–Crippen MR) is 78.6 cm³/mol. The first kappa shape index (κ1) is 12.6. The molecule has 2 N–H and O–H groups in total. The fourth-order valence-corrected chi connectivity index (χ4v) is 5.14. The number of nitrogens with two attached hydrogens (primary N) is 1. The molecule has 0 aliphatic carbocycles. The molecule has 2 aromatic heterocycles. The highest BCUT2D eigenvalue weighted by Gasteiger charge is 2.19. The van der Waals surface area contributed by atoms with Crippen molar-refractivity contribution in [1.82, 2.24) is 0 Å². The third-order valence-electron chi connectivity index (χ3n) is 2.09. The summed E-state index contributed by atoms with van der Waals surface area (Å²) in [5, 5.41) is 2.44. The van der Waals surface area contributed by atoms with E-state index in [9.17, 15) is 0 Å². The monoisotopic (exact) mass is 333 g/mol. The van der Waals surface area contributed by atoms with Crippen LogP contribution in [0.3, 0.4) is 0 Å². The Balaban J connectivity index is 2.18. The molecule has 0 fully saturated rings. The maximum atomic E-state index is 6.07. The van der Waals surface area contributed by atoms with E-state index in [2.05, 4.69) is 52.5 Å². The Morgan fingerprint density at radius 2 is 2.19 bits per heavy atom. The van der Waals surface area contributed by atoms with E-state index in [1.54, 1.807) is 22.7 Å². The fourth-order valence-electron chi connectivity index (χ4n) is 1.36. The highest BCUT2D eigenvalue weighted by Crippen LogP contribution is 2.42. The van der Waals surface area contributed by atoms with Crippen molar-refractivity contribution in [3.63, 3.8) is 0 Å². The number of thiophene rings is 2.